The van der Waals surface area contributed by atoms with E-state index < -0.39 is 0 Å². The Hall–Kier alpha value is -1.26. The van der Waals surface area contributed by atoms with Gasteiger partial charge in [-0.25, -0.2) is 0 Å². The van der Waals surface area contributed by atoms with Crippen LogP contribution in [0, 0.1) is 19.3 Å². The number of likely N-dealkylation sites (N-methyl/N-ethyl adjacent to an activating group) is 1. The summed E-state index contributed by atoms with van der Waals surface area (Å²) in [7, 11) is 0. The summed E-state index contributed by atoms with van der Waals surface area (Å²) in [6, 6.07) is 9.05. The van der Waals surface area contributed by atoms with Gasteiger partial charge in [0.1, 0.15) is 0 Å². The number of hydrogen-bond acceptors (Lipinski definition) is 1. The zero-order valence-electron chi connectivity index (χ0n) is 9.59. The Balaban J connectivity index is 2.57. The molecule has 0 aromatic heterocycles. The highest BCUT2D eigenvalue weighted by atomic mass is 14.9. The topological polar surface area (TPSA) is 12.0 Å². The number of nitrogens with one attached hydrogen (secondary N) is 1. The highest BCUT2D eigenvalue weighted by molar-refractivity contribution is 5.22. The Morgan fingerprint density at radius 2 is 2.00 bits per heavy atom. The predicted octanol–water partition coefficient (Wildman–Crippen LogP) is 2.54. The Kier molecular flexibility index (Phi) is 4.93. The minimum Gasteiger partial charge on any atom is -0.313 e. The molecular formula is C14H19N. The number of rotatable bonds is 5. The first-order valence-electron chi connectivity index (χ1n) is 5.48. The molecule has 0 aliphatic rings. The van der Waals surface area contributed by atoms with Crippen molar-refractivity contribution in [3.63, 3.8) is 0 Å². The van der Waals surface area contributed by atoms with E-state index in [1.807, 2.05) is 0 Å². The zero-order chi connectivity index (χ0) is 11.1. The monoisotopic (exact) mass is 201 g/mol. The van der Waals surface area contributed by atoms with Gasteiger partial charge < -0.3 is 5.32 Å². The summed E-state index contributed by atoms with van der Waals surface area (Å²) in [6.07, 6.45) is 7.15. The van der Waals surface area contributed by atoms with Crippen molar-refractivity contribution in [1.29, 1.82) is 0 Å². The summed E-state index contributed by atoms with van der Waals surface area (Å²) in [5.74, 6) is 2.72. The molecule has 1 heteroatoms. The molecule has 1 N–H and O–H groups in total. The van der Waals surface area contributed by atoms with E-state index in [0.29, 0.717) is 6.04 Å². The van der Waals surface area contributed by atoms with Crippen molar-refractivity contribution in [3.8, 4) is 12.3 Å². The third kappa shape index (κ3) is 4.18. The quantitative estimate of drug-likeness (QED) is 0.722. The lowest BCUT2D eigenvalue weighted by molar-refractivity contribution is 0.535. The molecule has 0 radical (unpaired) electrons. The molecule has 0 saturated carbocycles. The van der Waals surface area contributed by atoms with E-state index in [-0.39, 0.29) is 0 Å². The summed E-state index contributed by atoms with van der Waals surface area (Å²) in [6.45, 7) is 5.18. The molecule has 80 valence electrons. The summed E-state index contributed by atoms with van der Waals surface area (Å²) < 4.78 is 0. The molecule has 0 aliphatic heterocycles. The van der Waals surface area contributed by atoms with Crippen molar-refractivity contribution in [2.75, 3.05) is 6.54 Å². The molecule has 1 aromatic carbocycles. The van der Waals surface area contributed by atoms with Crippen LogP contribution in [0.15, 0.2) is 24.3 Å². The summed E-state index contributed by atoms with van der Waals surface area (Å²) in [4.78, 5) is 0. The molecule has 1 aromatic rings. The average Bonchev–Trinajstić information content (AvgIpc) is 2.22. The summed E-state index contributed by atoms with van der Waals surface area (Å²) >= 11 is 0. The van der Waals surface area contributed by atoms with Crippen LogP contribution in [0.4, 0.5) is 0 Å². The van der Waals surface area contributed by atoms with Crippen molar-refractivity contribution < 1.29 is 0 Å². The van der Waals surface area contributed by atoms with E-state index in [0.717, 1.165) is 19.4 Å². The van der Waals surface area contributed by atoms with Gasteiger partial charge in [-0.2, -0.15) is 0 Å². The summed E-state index contributed by atoms with van der Waals surface area (Å²) in [5.41, 5.74) is 2.65. The van der Waals surface area contributed by atoms with Gasteiger partial charge in [0.25, 0.3) is 0 Å². The van der Waals surface area contributed by atoms with Crippen molar-refractivity contribution in [2.24, 2.45) is 0 Å². The van der Waals surface area contributed by atoms with Crippen molar-refractivity contribution >= 4 is 0 Å². The highest BCUT2D eigenvalue weighted by Gasteiger charge is 2.06. The molecule has 0 amide bonds. The van der Waals surface area contributed by atoms with Crippen LogP contribution in [0.5, 0.6) is 0 Å². The normalized spacial score (nSPS) is 12.1. The standard InChI is InChI=1S/C14H19N/c1-4-6-14(15-5-2)11-13-9-7-12(3)8-10-13/h1,7-10,14-15H,5-6,11H2,2-3H3. The average molecular weight is 201 g/mol. The van der Waals surface area contributed by atoms with Gasteiger partial charge in [0.2, 0.25) is 0 Å². The van der Waals surface area contributed by atoms with Gasteiger partial charge in [-0.3, -0.25) is 0 Å². The van der Waals surface area contributed by atoms with E-state index in [9.17, 15) is 0 Å². The lowest BCUT2D eigenvalue weighted by Crippen LogP contribution is -2.30. The van der Waals surface area contributed by atoms with Crippen LogP contribution in [-0.2, 0) is 6.42 Å². The van der Waals surface area contributed by atoms with Gasteiger partial charge in [0, 0.05) is 12.5 Å². The minimum absolute atomic E-state index is 0.405. The van der Waals surface area contributed by atoms with Gasteiger partial charge in [-0.1, -0.05) is 36.8 Å². The first kappa shape index (κ1) is 11.8. The van der Waals surface area contributed by atoms with Crippen molar-refractivity contribution in [2.45, 2.75) is 32.7 Å². The van der Waals surface area contributed by atoms with E-state index in [1.165, 1.54) is 11.1 Å². The predicted molar refractivity (Wildman–Crippen MR) is 65.8 cm³/mol. The summed E-state index contributed by atoms with van der Waals surface area (Å²) in [5, 5.41) is 3.40. The number of aryl methyl sites for hydroxylation is 1. The van der Waals surface area contributed by atoms with E-state index >= 15 is 0 Å². The largest absolute Gasteiger partial charge is 0.313 e. The van der Waals surface area contributed by atoms with Crippen LogP contribution in [0.1, 0.15) is 24.5 Å². The molecule has 0 saturated heterocycles. The molecule has 0 aliphatic carbocycles. The van der Waals surface area contributed by atoms with E-state index in [2.05, 4.69) is 49.4 Å². The third-order valence-electron chi connectivity index (χ3n) is 2.46. The lowest BCUT2D eigenvalue weighted by Gasteiger charge is -2.15. The fourth-order valence-electron chi connectivity index (χ4n) is 1.66. The molecule has 0 heterocycles. The second-order valence-electron chi connectivity index (χ2n) is 3.85. The van der Waals surface area contributed by atoms with Crippen molar-refractivity contribution in [3.05, 3.63) is 35.4 Å². The van der Waals surface area contributed by atoms with Gasteiger partial charge in [0.15, 0.2) is 0 Å². The first-order valence-corrected chi connectivity index (χ1v) is 5.48. The molecule has 1 atom stereocenters. The molecule has 0 bridgehead atoms. The number of terminal acetylenes is 1. The van der Waals surface area contributed by atoms with E-state index in [4.69, 9.17) is 6.42 Å². The van der Waals surface area contributed by atoms with Crippen LogP contribution in [0.3, 0.4) is 0 Å². The highest BCUT2D eigenvalue weighted by Crippen LogP contribution is 2.07. The van der Waals surface area contributed by atoms with Crippen LogP contribution >= 0.6 is 0 Å². The maximum absolute atomic E-state index is 5.35. The SMILES string of the molecule is C#CCC(Cc1ccc(C)cc1)NCC. The third-order valence-corrected chi connectivity index (χ3v) is 2.46. The lowest BCUT2D eigenvalue weighted by atomic mass is 10.0. The van der Waals surface area contributed by atoms with Crippen LogP contribution in [0.25, 0.3) is 0 Å². The van der Waals surface area contributed by atoms with E-state index in [1.54, 1.807) is 0 Å². The Morgan fingerprint density at radius 1 is 1.33 bits per heavy atom. The molecule has 0 spiro atoms. The fraction of sp³-hybridized carbons (Fsp3) is 0.429. The first-order chi connectivity index (χ1) is 7.26. The Bertz CT molecular complexity index is 318. The molecule has 1 rings (SSSR count). The Morgan fingerprint density at radius 3 is 2.53 bits per heavy atom. The number of hydrogen-bond donors (Lipinski definition) is 1. The van der Waals surface area contributed by atoms with Crippen LogP contribution in [0.2, 0.25) is 0 Å². The second kappa shape index (κ2) is 6.27. The maximum atomic E-state index is 5.35. The van der Waals surface area contributed by atoms with Crippen LogP contribution < -0.4 is 5.32 Å². The molecule has 15 heavy (non-hydrogen) atoms. The van der Waals surface area contributed by atoms with Gasteiger partial charge >= 0.3 is 0 Å². The van der Waals surface area contributed by atoms with Crippen LogP contribution in [-0.4, -0.2) is 12.6 Å². The maximum Gasteiger partial charge on any atom is 0.0243 e. The zero-order valence-corrected chi connectivity index (χ0v) is 9.59. The minimum atomic E-state index is 0.405. The molecular weight excluding hydrogens is 182 g/mol. The van der Waals surface area contributed by atoms with Crippen molar-refractivity contribution in [1.82, 2.24) is 5.32 Å². The van der Waals surface area contributed by atoms with Gasteiger partial charge in [-0.05, 0) is 25.5 Å². The molecule has 0 fully saturated rings. The fourth-order valence-corrected chi connectivity index (χ4v) is 1.66. The van der Waals surface area contributed by atoms with Gasteiger partial charge in [0.05, 0.1) is 0 Å². The van der Waals surface area contributed by atoms with Gasteiger partial charge in [-0.15, -0.1) is 12.3 Å². The second-order valence-corrected chi connectivity index (χ2v) is 3.85. The number of benzene rings is 1. The molecule has 1 nitrogen and oxygen atoms in total. The Labute approximate surface area is 92.9 Å². The molecule has 1 unspecified atom stereocenters. The smallest absolute Gasteiger partial charge is 0.0243 e.